The number of aliphatic hydroxyl groups is 1. The summed E-state index contributed by atoms with van der Waals surface area (Å²) in [7, 11) is 0. The fraction of sp³-hybridized carbons (Fsp3) is 0.625. The Hall–Kier alpha value is -1.06. The van der Waals surface area contributed by atoms with Crippen LogP contribution in [0.1, 0.15) is 44.8 Å². The molecule has 0 aromatic heterocycles. The highest BCUT2D eigenvalue weighted by Gasteiger charge is 2.37. The first-order valence-electron chi connectivity index (χ1n) is 7.28. The highest BCUT2D eigenvalue weighted by molar-refractivity contribution is 5.29. The van der Waals surface area contributed by atoms with Gasteiger partial charge in [-0.25, -0.2) is 0 Å². The molecule has 0 heterocycles. The summed E-state index contributed by atoms with van der Waals surface area (Å²) in [6.45, 7) is 5.44. The Kier molecular flexibility index (Phi) is 5.23. The van der Waals surface area contributed by atoms with Crippen LogP contribution in [-0.2, 0) is 4.74 Å². The molecule has 1 fully saturated rings. The molecule has 1 saturated carbocycles. The molecule has 1 aromatic rings. The van der Waals surface area contributed by atoms with Gasteiger partial charge in [0.05, 0.1) is 12.7 Å². The van der Waals surface area contributed by atoms with Crippen LogP contribution in [0.4, 0.5) is 0 Å². The minimum atomic E-state index is -0.535. The summed E-state index contributed by atoms with van der Waals surface area (Å²) in [6, 6.07) is 7.71. The molecular weight excluding hydrogens is 240 g/mol. The summed E-state index contributed by atoms with van der Waals surface area (Å²) in [4.78, 5) is 0. The molecule has 0 saturated heterocycles. The van der Waals surface area contributed by atoms with Gasteiger partial charge in [0, 0.05) is 6.61 Å². The minimum Gasteiger partial charge on any atom is -0.494 e. The van der Waals surface area contributed by atoms with Gasteiger partial charge in [-0.05, 0) is 49.8 Å². The van der Waals surface area contributed by atoms with Gasteiger partial charge in [-0.2, -0.15) is 0 Å². The highest BCUT2D eigenvalue weighted by Crippen LogP contribution is 2.40. The third-order valence-electron chi connectivity index (χ3n) is 3.45. The molecule has 1 aromatic carbocycles. The van der Waals surface area contributed by atoms with Gasteiger partial charge in [0.1, 0.15) is 11.9 Å². The van der Waals surface area contributed by atoms with E-state index in [0.29, 0.717) is 12.5 Å². The second-order valence-electron chi connectivity index (χ2n) is 5.12. The topological polar surface area (TPSA) is 38.7 Å². The van der Waals surface area contributed by atoms with Gasteiger partial charge in [-0.15, -0.1) is 0 Å². The van der Waals surface area contributed by atoms with Crippen LogP contribution < -0.4 is 4.74 Å². The molecule has 1 aliphatic rings. The molecule has 2 rings (SSSR count). The van der Waals surface area contributed by atoms with E-state index < -0.39 is 6.10 Å². The van der Waals surface area contributed by atoms with E-state index in [2.05, 4.69) is 6.92 Å². The van der Waals surface area contributed by atoms with Crippen molar-refractivity contribution in [3.05, 3.63) is 29.8 Å². The maximum atomic E-state index is 10.4. The standard InChI is InChI=1S/C16H24O3/c1-3-11-19-14-9-7-12(8-10-14)15(17)16(18-4-2)13-5-6-13/h7-10,13,15-17H,3-6,11H2,1-2H3. The summed E-state index contributed by atoms with van der Waals surface area (Å²) in [5.41, 5.74) is 0.911. The molecule has 19 heavy (non-hydrogen) atoms. The van der Waals surface area contributed by atoms with Gasteiger partial charge < -0.3 is 14.6 Å². The minimum absolute atomic E-state index is 0.0626. The molecule has 1 N–H and O–H groups in total. The summed E-state index contributed by atoms with van der Waals surface area (Å²) >= 11 is 0. The predicted molar refractivity (Wildman–Crippen MR) is 75.3 cm³/mol. The molecular formula is C16H24O3. The van der Waals surface area contributed by atoms with E-state index in [1.165, 1.54) is 12.8 Å². The summed E-state index contributed by atoms with van der Waals surface area (Å²) < 4.78 is 11.2. The van der Waals surface area contributed by atoms with Crippen molar-refractivity contribution in [1.82, 2.24) is 0 Å². The normalized spacial score (nSPS) is 18.1. The molecule has 2 atom stereocenters. The lowest BCUT2D eigenvalue weighted by Crippen LogP contribution is -2.24. The van der Waals surface area contributed by atoms with Crippen molar-refractivity contribution >= 4 is 0 Å². The Morgan fingerprint density at radius 2 is 1.89 bits per heavy atom. The highest BCUT2D eigenvalue weighted by atomic mass is 16.5. The van der Waals surface area contributed by atoms with Crippen molar-refractivity contribution in [2.45, 2.75) is 45.3 Å². The van der Waals surface area contributed by atoms with Crippen molar-refractivity contribution in [3.8, 4) is 5.75 Å². The van der Waals surface area contributed by atoms with Crippen molar-refractivity contribution in [3.63, 3.8) is 0 Å². The van der Waals surface area contributed by atoms with Crippen molar-refractivity contribution in [2.24, 2.45) is 5.92 Å². The number of ether oxygens (including phenoxy) is 2. The van der Waals surface area contributed by atoms with E-state index in [1.807, 2.05) is 31.2 Å². The van der Waals surface area contributed by atoms with E-state index >= 15 is 0 Å². The van der Waals surface area contributed by atoms with Gasteiger partial charge in [0.2, 0.25) is 0 Å². The molecule has 1 aliphatic carbocycles. The summed E-state index contributed by atoms with van der Waals surface area (Å²) in [5, 5.41) is 10.4. The van der Waals surface area contributed by atoms with Gasteiger partial charge in [0.15, 0.2) is 0 Å². The largest absolute Gasteiger partial charge is 0.494 e. The molecule has 3 heteroatoms. The molecule has 3 nitrogen and oxygen atoms in total. The second-order valence-corrected chi connectivity index (χ2v) is 5.12. The number of benzene rings is 1. The average Bonchev–Trinajstić information content (AvgIpc) is 3.27. The average molecular weight is 264 g/mol. The lowest BCUT2D eigenvalue weighted by molar-refractivity contribution is -0.0462. The van der Waals surface area contributed by atoms with Crippen molar-refractivity contribution in [2.75, 3.05) is 13.2 Å². The summed E-state index contributed by atoms with van der Waals surface area (Å²) in [6.07, 6.45) is 2.73. The van der Waals surface area contributed by atoms with Crippen LogP contribution in [-0.4, -0.2) is 24.4 Å². The van der Waals surface area contributed by atoms with Crippen LogP contribution in [0.2, 0.25) is 0 Å². The molecule has 2 unspecified atom stereocenters. The van der Waals surface area contributed by atoms with Gasteiger partial charge in [-0.1, -0.05) is 19.1 Å². The lowest BCUT2D eigenvalue weighted by Gasteiger charge is -2.23. The molecule has 0 bridgehead atoms. The zero-order valence-corrected chi connectivity index (χ0v) is 11.8. The Morgan fingerprint density at radius 3 is 2.42 bits per heavy atom. The second kappa shape index (κ2) is 6.92. The van der Waals surface area contributed by atoms with Crippen LogP contribution in [0.5, 0.6) is 5.75 Å². The first kappa shape index (κ1) is 14.4. The molecule has 0 aliphatic heterocycles. The molecule has 0 spiro atoms. The van der Waals surface area contributed by atoms with Gasteiger partial charge in [0.25, 0.3) is 0 Å². The molecule has 0 radical (unpaired) electrons. The number of hydrogen-bond donors (Lipinski definition) is 1. The Labute approximate surface area is 115 Å². The van der Waals surface area contributed by atoms with E-state index in [9.17, 15) is 5.11 Å². The summed E-state index contributed by atoms with van der Waals surface area (Å²) in [5.74, 6) is 1.38. The number of hydrogen-bond acceptors (Lipinski definition) is 3. The Balaban J connectivity index is 1.99. The van der Waals surface area contributed by atoms with Crippen LogP contribution in [0.25, 0.3) is 0 Å². The van der Waals surface area contributed by atoms with E-state index in [4.69, 9.17) is 9.47 Å². The number of aliphatic hydroxyl groups excluding tert-OH is 1. The lowest BCUT2D eigenvalue weighted by atomic mass is 10.0. The fourth-order valence-corrected chi connectivity index (χ4v) is 2.27. The third kappa shape index (κ3) is 3.95. The maximum absolute atomic E-state index is 10.4. The van der Waals surface area contributed by atoms with Gasteiger partial charge >= 0.3 is 0 Å². The van der Waals surface area contributed by atoms with E-state index in [-0.39, 0.29) is 6.10 Å². The molecule has 0 amide bonds. The maximum Gasteiger partial charge on any atom is 0.119 e. The van der Waals surface area contributed by atoms with E-state index in [1.54, 1.807) is 0 Å². The van der Waals surface area contributed by atoms with Crippen LogP contribution in [0.15, 0.2) is 24.3 Å². The fourth-order valence-electron chi connectivity index (χ4n) is 2.27. The smallest absolute Gasteiger partial charge is 0.119 e. The number of rotatable bonds is 8. The SMILES string of the molecule is CCCOc1ccc(C(O)C(OCC)C2CC2)cc1. The first-order valence-corrected chi connectivity index (χ1v) is 7.28. The third-order valence-corrected chi connectivity index (χ3v) is 3.45. The van der Waals surface area contributed by atoms with Crippen LogP contribution in [0, 0.1) is 5.92 Å². The van der Waals surface area contributed by atoms with E-state index in [0.717, 1.165) is 24.3 Å². The first-order chi connectivity index (χ1) is 9.26. The van der Waals surface area contributed by atoms with Crippen LogP contribution in [0.3, 0.4) is 0 Å². The monoisotopic (exact) mass is 264 g/mol. The van der Waals surface area contributed by atoms with Crippen LogP contribution >= 0.6 is 0 Å². The quantitative estimate of drug-likeness (QED) is 0.782. The molecule has 106 valence electrons. The Bertz CT molecular complexity index is 370. The van der Waals surface area contributed by atoms with Crippen molar-refractivity contribution in [1.29, 1.82) is 0 Å². The zero-order chi connectivity index (χ0) is 13.7. The Morgan fingerprint density at radius 1 is 1.21 bits per heavy atom. The zero-order valence-electron chi connectivity index (χ0n) is 11.8. The predicted octanol–water partition coefficient (Wildman–Crippen LogP) is 3.32. The van der Waals surface area contributed by atoms with Crippen molar-refractivity contribution < 1.29 is 14.6 Å². The van der Waals surface area contributed by atoms with Gasteiger partial charge in [-0.3, -0.25) is 0 Å².